The molecule has 0 bridgehead atoms. The van der Waals surface area contributed by atoms with Crippen molar-refractivity contribution in [3.05, 3.63) is 0 Å². The Morgan fingerprint density at radius 1 is 0.714 bits per heavy atom. The van der Waals surface area contributed by atoms with Gasteiger partial charge in [0.1, 0.15) is 5.78 Å². The summed E-state index contributed by atoms with van der Waals surface area (Å²) in [5.74, 6) is 1.01. The van der Waals surface area contributed by atoms with Gasteiger partial charge >= 0.3 is 0 Å². The molecule has 0 spiro atoms. The van der Waals surface area contributed by atoms with E-state index in [4.69, 9.17) is 0 Å². The Bertz CT molecular complexity index is 263. The van der Waals surface area contributed by atoms with Crippen molar-refractivity contribution in [3.63, 3.8) is 0 Å². The van der Waals surface area contributed by atoms with E-state index in [1.54, 1.807) is 0 Å². The second-order valence-corrected chi connectivity index (χ2v) is 7.37. The number of carbonyl (C=O) groups is 1. The Morgan fingerprint density at radius 3 is 1.38 bits per heavy atom. The van der Waals surface area contributed by atoms with Gasteiger partial charge in [0, 0.05) is 24.9 Å². The lowest BCUT2D eigenvalue weighted by Gasteiger charge is -2.27. The van der Waals surface area contributed by atoms with Crippen molar-refractivity contribution in [1.82, 2.24) is 9.80 Å². The van der Waals surface area contributed by atoms with E-state index in [1.807, 2.05) is 0 Å². The maximum Gasteiger partial charge on any atom is 0.141 e. The lowest BCUT2D eigenvalue weighted by atomic mass is 9.84. The molecule has 0 aliphatic heterocycles. The molecule has 0 aromatic heterocycles. The monoisotopic (exact) mass is 296 g/mol. The number of Topliss-reactive ketones (excluding diaryl/α,β-unsaturated/α-hetero) is 1. The predicted molar refractivity (Wildman–Crippen MR) is 90.6 cm³/mol. The highest BCUT2D eigenvalue weighted by atomic mass is 16.1. The standard InChI is InChI=1S/C18H36N2O/c1-19(2)14-16-12-10-8-6-5-7-9-11-13-17(18(16)21)15-20(3)4/h16-17H,5-15H2,1-4H3/t16-,17+. The first-order valence-corrected chi connectivity index (χ1v) is 8.84. The van der Waals surface area contributed by atoms with Crippen molar-refractivity contribution >= 4 is 5.78 Å². The van der Waals surface area contributed by atoms with Gasteiger partial charge in [-0.05, 0) is 41.0 Å². The van der Waals surface area contributed by atoms with Gasteiger partial charge in [0.15, 0.2) is 0 Å². The van der Waals surface area contributed by atoms with Crippen molar-refractivity contribution < 1.29 is 4.79 Å². The molecule has 0 unspecified atom stereocenters. The van der Waals surface area contributed by atoms with E-state index >= 15 is 0 Å². The number of rotatable bonds is 4. The zero-order valence-electron chi connectivity index (χ0n) is 14.7. The fraction of sp³-hybridized carbons (Fsp3) is 0.944. The molecule has 1 fully saturated rings. The molecule has 3 heteroatoms. The molecule has 0 amide bonds. The third-order valence-corrected chi connectivity index (χ3v) is 4.58. The zero-order valence-corrected chi connectivity index (χ0v) is 14.7. The number of nitrogens with zero attached hydrogens (tertiary/aromatic N) is 2. The molecule has 124 valence electrons. The van der Waals surface area contributed by atoms with Crippen LogP contribution in [0.1, 0.15) is 57.8 Å². The average molecular weight is 296 g/mol. The molecule has 0 aromatic rings. The van der Waals surface area contributed by atoms with Gasteiger partial charge in [-0.3, -0.25) is 4.79 Å². The average Bonchev–Trinajstić information content (AvgIpc) is 2.40. The number of hydrogen-bond acceptors (Lipinski definition) is 3. The van der Waals surface area contributed by atoms with Crippen LogP contribution in [0.2, 0.25) is 0 Å². The SMILES string of the molecule is CN(C)C[C@H]1CCCCCCCCC[C@@H](CN(C)C)C1=O. The van der Waals surface area contributed by atoms with E-state index < -0.39 is 0 Å². The second kappa shape index (κ2) is 10.3. The lowest BCUT2D eigenvalue weighted by molar-refractivity contribution is -0.128. The van der Waals surface area contributed by atoms with E-state index in [0.717, 1.165) is 25.9 Å². The van der Waals surface area contributed by atoms with Crippen molar-refractivity contribution in [3.8, 4) is 0 Å². The van der Waals surface area contributed by atoms with Gasteiger partial charge in [-0.2, -0.15) is 0 Å². The summed E-state index contributed by atoms with van der Waals surface area (Å²) in [5.41, 5.74) is 0. The fourth-order valence-electron chi connectivity index (χ4n) is 3.53. The number of hydrogen-bond donors (Lipinski definition) is 0. The minimum atomic E-state index is 0.240. The lowest BCUT2D eigenvalue weighted by Crippen LogP contribution is -2.36. The van der Waals surface area contributed by atoms with Crippen molar-refractivity contribution in [2.24, 2.45) is 11.8 Å². The van der Waals surface area contributed by atoms with E-state index in [2.05, 4.69) is 38.0 Å². The topological polar surface area (TPSA) is 23.6 Å². The summed E-state index contributed by atoms with van der Waals surface area (Å²) in [6.07, 6.45) is 11.3. The first kappa shape index (κ1) is 18.6. The van der Waals surface area contributed by atoms with Crippen LogP contribution in [0.3, 0.4) is 0 Å². The Morgan fingerprint density at radius 2 is 1.05 bits per heavy atom. The molecule has 0 N–H and O–H groups in total. The third kappa shape index (κ3) is 7.96. The zero-order chi connectivity index (χ0) is 15.7. The van der Waals surface area contributed by atoms with Gasteiger partial charge in [0.2, 0.25) is 0 Å². The Labute approximate surface area is 132 Å². The summed E-state index contributed by atoms with van der Waals surface area (Å²) < 4.78 is 0. The normalized spacial score (nSPS) is 26.7. The van der Waals surface area contributed by atoms with Crippen molar-refractivity contribution in [1.29, 1.82) is 0 Å². The third-order valence-electron chi connectivity index (χ3n) is 4.58. The van der Waals surface area contributed by atoms with Crippen LogP contribution < -0.4 is 0 Å². The summed E-state index contributed by atoms with van der Waals surface area (Å²) >= 11 is 0. The maximum absolute atomic E-state index is 13.0. The van der Waals surface area contributed by atoms with Crippen LogP contribution in [-0.2, 0) is 4.79 Å². The van der Waals surface area contributed by atoms with Gasteiger partial charge in [-0.25, -0.2) is 0 Å². The summed E-state index contributed by atoms with van der Waals surface area (Å²) in [5, 5.41) is 0. The summed E-state index contributed by atoms with van der Waals surface area (Å²) in [6.45, 7) is 1.84. The highest BCUT2D eigenvalue weighted by Gasteiger charge is 2.27. The quantitative estimate of drug-likeness (QED) is 0.794. The first-order chi connectivity index (χ1) is 10.0. The van der Waals surface area contributed by atoms with E-state index in [-0.39, 0.29) is 11.8 Å². The van der Waals surface area contributed by atoms with Crippen LogP contribution in [0.15, 0.2) is 0 Å². The highest BCUT2D eigenvalue weighted by molar-refractivity contribution is 5.83. The van der Waals surface area contributed by atoms with E-state index in [0.29, 0.717) is 5.78 Å². The van der Waals surface area contributed by atoms with Crippen LogP contribution in [0.25, 0.3) is 0 Å². The Balaban J connectivity index is 2.72. The fourth-order valence-corrected chi connectivity index (χ4v) is 3.53. The van der Waals surface area contributed by atoms with Gasteiger partial charge in [0.25, 0.3) is 0 Å². The second-order valence-electron chi connectivity index (χ2n) is 7.37. The summed E-state index contributed by atoms with van der Waals surface area (Å²) in [7, 11) is 8.35. The maximum atomic E-state index is 13.0. The molecular weight excluding hydrogens is 260 g/mol. The number of ketones is 1. The van der Waals surface area contributed by atoms with Crippen LogP contribution in [0.4, 0.5) is 0 Å². The molecule has 1 aliphatic carbocycles. The number of carbonyl (C=O) groups excluding carboxylic acids is 1. The minimum absolute atomic E-state index is 0.240. The molecule has 0 aromatic carbocycles. The molecule has 0 heterocycles. The molecule has 0 saturated heterocycles. The smallest absolute Gasteiger partial charge is 0.141 e. The molecule has 2 atom stereocenters. The van der Waals surface area contributed by atoms with E-state index in [9.17, 15) is 4.79 Å². The molecular formula is C18H36N2O. The van der Waals surface area contributed by atoms with E-state index in [1.165, 1.54) is 44.9 Å². The Kier molecular flexibility index (Phi) is 9.18. The first-order valence-electron chi connectivity index (χ1n) is 8.84. The van der Waals surface area contributed by atoms with Crippen molar-refractivity contribution in [2.45, 2.75) is 57.8 Å². The predicted octanol–water partition coefficient (Wildman–Crippen LogP) is 3.44. The Hall–Kier alpha value is -0.410. The van der Waals surface area contributed by atoms with Gasteiger partial charge in [-0.1, -0.05) is 44.9 Å². The van der Waals surface area contributed by atoms with Gasteiger partial charge < -0.3 is 9.80 Å². The summed E-state index contributed by atoms with van der Waals surface area (Å²) in [6, 6.07) is 0. The summed E-state index contributed by atoms with van der Waals surface area (Å²) in [4.78, 5) is 17.3. The molecule has 1 aliphatic rings. The van der Waals surface area contributed by atoms with Crippen molar-refractivity contribution in [2.75, 3.05) is 41.3 Å². The minimum Gasteiger partial charge on any atom is -0.309 e. The molecule has 1 rings (SSSR count). The molecule has 3 nitrogen and oxygen atoms in total. The largest absolute Gasteiger partial charge is 0.309 e. The van der Waals surface area contributed by atoms with Crippen LogP contribution in [-0.4, -0.2) is 56.9 Å². The van der Waals surface area contributed by atoms with Crippen LogP contribution in [0, 0.1) is 11.8 Å². The van der Waals surface area contributed by atoms with Gasteiger partial charge in [0.05, 0.1) is 0 Å². The molecule has 1 saturated carbocycles. The van der Waals surface area contributed by atoms with Crippen LogP contribution in [0.5, 0.6) is 0 Å². The van der Waals surface area contributed by atoms with Gasteiger partial charge in [-0.15, -0.1) is 0 Å². The highest BCUT2D eigenvalue weighted by Crippen LogP contribution is 2.23. The van der Waals surface area contributed by atoms with Crippen LogP contribution >= 0.6 is 0 Å². The molecule has 0 radical (unpaired) electrons. The molecule has 21 heavy (non-hydrogen) atoms.